The predicted octanol–water partition coefficient (Wildman–Crippen LogP) is 2.96. The maximum absolute atomic E-state index is 4.90. The zero-order valence-electron chi connectivity index (χ0n) is 13.6. The maximum Gasteiger partial charge on any atom is 0.259 e. The number of imidazole rings is 1. The lowest BCUT2D eigenvalue weighted by atomic mass is 9.99. The first-order chi connectivity index (χ1) is 11.1. The normalized spacial score (nSPS) is 12.8. The minimum atomic E-state index is 0.935. The summed E-state index contributed by atoms with van der Waals surface area (Å²) in [6, 6.07) is 15.5. The Labute approximate surface area is 143 Å². The van der Waals surface area contributed by atoms with Crippen molar-refractivity contribution >= 4 is 42.5 Å². The van der Waals surface area contributed by atoms with Crippen LogP contribution in [0.1, 0.15) is 22.5 Å². The molecule has 0 saturated heterocycles. The zero-order chi connectivity index (χ0) is 15.7. The monoisotopic (exact) mass is 312 g/mol. The molecule has 0 N–H and O–H groups in total. The van der Waals surface area contributed by atoms with Crippen molar-refractivity contribution in [3.8, 4) is 5.69 Å². The van der Waals surface area contributed by atoms with Crippen molar-refractivity contribution < 1.29 is 0 Å². The molecule has 1 aromatic heterocycles. The van der Waals surface area contributed by atoms with Crippen LogP contribution in [-0.4, -0.2) is 25.8 Å². The van der Waals surface area contributed by atoms with Crippen LogP contribution in [0.5, 0.6) is 0 Å². The summed E-state index contributed by atoms with van der Waals surface area (Å²) < 4.78 is 3.90. The average molecular weight is 312 g/mol. The molecular formula is C20H17AlN2. The molecule has 2 nitrogen and oxygen atoms in total. The molecule has 0 atom stereocenters. The molecule has 23 heavy (non-hydrogen) atoms. The maximum atomic E-state index is 4.90. The summed E-state index contributed by atoms with van der Waals surface area (Å²) in [5.74, 6) is 1.18. The second-order valence-electron chi connectivity index (χ2n) is 6.66. The summed E-state index contributed by atoms with van der Waals surface area (Å²) in [4.78, 5) is 4.90. The molecule has 1 aliphatic heterocycles. The fourth-order valence-corrected chi connectivity index (χ4v) is 4.41. The van der Waals surface area contributed by atoms with Gasteiger partial charge in [0, 0.05) is 11.8 Å². The Balaban J connectivity index is 2.02. The lowest BCUT2D eigenvalue weighted by Gasteiger charge is -2.14. The van der Waals surface area contributed by atoms with E-state index in [1.165, 1.54) is 48.9 Å². The summed E-state index contributed by atoms with van der Waals surface area (Å²) in [6.45, 7) is 4.46. The van der Waals surface area contributed by atoms with Crippen molar-refractivity contribution in [2.45, 2.75) is 20.3 Å². The van der Waals surface area contributed by atoms with Crippen molar-refractivity contribution in [2.24, 2.45) is 0 Å². The van der Waals surface area contributed by atoms with Gasteiger partial charge in [0.15, 0.2) is 0 Å². The van der Waals surface area contributed by atoms with Gasteiger partial charge in [0.05, 0.1) is 16.7 Å². The lowest BCUT2D eigenvalue weighted by Crippen LogP contribution is -2.08. The highest BCUT2D eigenvalue weighted by Gasteiger charge is 2.25. The Morgan fingerprint density at radius 1 is 1.04 bits per heavy atom. The van der Waals surface area contributed by atoms with Crippen molar-refractivity contribution in [1.29, 1.82) is 0 Å². The van der Waals surface area contributed by atoms with E-state index >= 15 is 0 Å². The number of hydrogen-bond acceptors (Lipinski definition) is 1. The number of para-hydroxylation sites is 1. The highest BCUT2D eigenvalue weighted by atomic mass is 27.0. The SMILES string of the molecule is Cc1[c]([AlH2])ccc2ccc3c(c12)-n1c(nc2cccc(C)c21)C3. The summed E-state index contributed by atoms with van der Waals surface area (Å²) in [5.41, 5.74) is 7.89. The fraction of sp³-hybridized carbons (Fsp3) is 0.150. The standard InChI is InChI=1S/C20H15N2.Al.2H/c1-12-5-3-7-14-9-10-15-11-17-21-16-8-4-6-13(2)19(16)22(17)20(15)18(12)14;;;/h3-4,6-10H,11H2,1-2H3;;;. The van der Waals surface area contributed by atoms with Crippen molar-refractivity contribution in [1.82, 2.24) is 9.55 Å². The zero-order valence-corrected chi connectivity index (χ0v) is 15.6. The first-order valence-corrected chi connectivity index (χ1v) is 9.14. The largest absolute Gasteiger partial charge is 0.295 e. The molecule has 0 bridgehead atoms. The molecule has 0 saturated carbocycles. The molecule has 2 heterocycles. The van der Waals surface area contributed by atoms with Gasteiger partial charge in [-0.15, -0.1) is 4.43 Å². The highest BCUT2D eigenvalue weighted by molar-refractivity contribution is 6.34. The number of aryl methyl sites for hydroxylation is 2. The lowest BCUT2D eigenvalue weighted by molar-refractivity contribution is 1.02. The molecule has 1 aliphatic rings. The van der Waals surface area contributed by atoms with E-state index in [0.29, 0.717) is 0 Å². The summed E-state index contributed by atoms with van der Waals surface area (Å²) >= 11 is 1.09. The minimum Gasteiger partial charge on any atom is -0.295 e. The predicted molar refractivity (Wildman–Crippen MR) is 99.0 cm³/mol. The Morgan fingerprint density at radius 3 is 2.74 bits per heavy atom. The quantitative estimate of drug-likeness (QED) is 0.402. The minimum absolute atomic E-state index is 0.935. The summed E-state index contributed by atoms with van der Waals surface area (Å²) in [5, 5.41) is 2.75. The van der Waals surface area contributed by atoms with E-state index in [1.807, 2.05) is 0 Å². The van der Waals surface area contributed by atoms with Gasteiger partial charge in [-0.1, -0.05) is 42.0 Å². The number of benzene rings is 3. The second-order valence-corrected chi connectivity index (χ2v) is 7.74. The van der Waals surface area contributed by atoms with E-state index in [2.05, 4.69) is 60.9 Å². The average Bonchev–Trinajstić information content (AvgIpc) is 3.06. The second kappa shape index (κ2) is 4.48. The van der Waals surface area contributed by atoms with Gasteiger partial charge in [0.2, 0.25) is 0 Å². The van der Waals surface area contributed by atoms with Crippen molar-refractivity contribution in [3.63, 3.8) is 0 Å². The van der Waals surface area contributed by atoms with Gasteiger partial charge in [0.1, 0.15) is 5.82 Å². The van der Waals surface area contributed by atoms with Gasteiger partial charge in [-0.3, -0.25) is 4.57 Å². The van der Waals surface area contributed by atoms with Gasteiger partial charge >= 0.3 is 0 Å². The molecule has 0 amide bonds. The third-order valence-corrected chi connectivity index (χ3v) is 6.38. The van der Waals surface area contributed by atoms with Gasteiger partial charge in [-0.05, 0) is 36.4 Å². The molecule has 5 rings (SSSR count). The summed E-state index contributed by atoms with van der Waals surface area (Å²) in [7, 11) is 0. The Bertz CT molecular complexity index is 1120. The van der Waals surface area contributed by atoms with Crippen LogP contribution in [0.3, 0.4) is 0 Å². The summed E-state index contributed by atoms with van der Waals surface area (Å²) in [6.07, 6.45) is 0.935. The molecule has 0 fully saturated rings. The first-order valence-electron chi connectivity index (χ1n) is 8.14. The van der Waals surface area contributed by atoms with Crippen LogP contribution in [0.2, 0.25) is 0 Å². The molecule has 0 unspecified atom stereocenters. The number of hydrogen-bond donors (Lipinski definition) is 0. The first kappa shape index (κ1) is 13.4. The molecule has 110 valence electrons. The fourth-order valence-electron chi connectivity index (χ4n) is 3.99. The van der Waals surface area contributed by atoms with E-state index in [1.54, 1.807) is 0 Å². The smallest absolute Gasteiger partial charge is 0.259 e. The van der Waals surface area contributed by atoms with E-state index in [4.69, 9.17) is 4.98 Å². The van der Waals surface area contributed by atoms with Crippen LogP contribution in [-0.2, 0) is 6.42 Å². The molecule has 0 spiro atoms. The van der Waals surface area contributed by atoms with Gasteiger partial charge in [-0.25, -0.2) is 4.98 Å². The van der Waals surface area contributed by atoms with Crippen LogP contribution < -0.4 is 4.43 Å². The van der Waals surface area contributed by atoms with Crippen LogP contribution in [0.25, 0.3) is 27.5 Å². The number of nitrogens with zero attached hydrogens (tertiary/aromatic N) is 2. The van der Waals surface area contributed by atoms with E-state index < -0.39 is 0 Å². The molecular weight excluding hydrogens is 295 g/mol. The number of fused-ring (bicyclic) bond motifs is 7. The third-order valence-electron chi connectivity index (χ3n) is 5.29. The van der Waals surface area contributed by atoms with Gasteiger partial charge in [0.25, 0.3) is 16.3 Å². The van der Waals surface area contributed by atoms with E-state index in [-0.39, 0.29) is 0 Å². The van der Waals surface area contributed by atoms with Crippen molar-refractivity contribution in [3.05, 3.63) is 65.0 Å². The van der Waals surface area contributed by atoms with E-state index in [9.17, 15) is 0 Å². The van der Waals surface area contributed by atoms with Crippen LogP contribution in [0.4, 0.5) is 0 Å². The van der Waals surface area contributed by atoms with Crippen LogP contribution >= 0.6 is 0 Å². The Kier molecular flexibility index (Phi) is 2.60. The number of aromatic nitrogens is 2. The highest BCUT2D eigenvalue weighted by Crippen LogP contribution is 2.38. The molecule has 3 aromatic carbocycles. The van der Waals surface area contributed by atoms with E-state index in [0.717, 1.165) is 28.2 Å². The van der Waals surface area contributed by atoms with Crippen molar-refractivity contribution in [2.75, 3.05) is 0 Å². The van der Waals surface area contributed by atoms with Crippen LogP contribution in [0.15, 0.2) is 42.5 Å². The molecule has 3 heteroatoms. The third kappa shape index (κ3) is 1.67. The molecule has 0 radical (unpaired) electrons. The Hall–Kier alpha value is -2.08. The number of rotatable bonds is 0. The van der Waals surface area contributed by atoms with Gasteiger partial charge < -0.3 is 0 Å². The Morgan fingerprint density at radius 2 is 1.87 bits per heavy atom. The van der Waals surface area contributed by atoms with Gasteiger partial charge in [-0.2, -0.15) is 0 Å². The molecule has 0 aliphatic carbocycles. The topological polar surface area (TPSA) is 17.8 Å². The van der Waals surface area contributed by atoms with Crippen LogP contribution in [0, 0.1) is 13.8 Å². The molecule has 4 aromatic rings.